The van der Waals surface area contributed by atoms with Crippen molar-refractivity contribution >= 4 is 62.8 Å². The third-order valence-corrected chi connectivity index (χ3v) is 9.45. The molecule has 2 aromatic heterocycles. The van der Waals surface area contributed by atoms with Crippen molar-refractivity contribution < 1.29 is 9.84 Å². The number of hydrogen-bond donors (Lipinski definition) is 3. The molecule has 4 heterocycles. The largest absolute Gasteiger partial charge is 0.506 e. The van der Waals surface area contributed by atoms with Crippen LogP contribution in [0.1, 0.15) is 41.7 Å². The maximum absolute atomic E-state index is 9.94. The van der Waals surface area contributed by atoms with E-state index >= 15 is 0 Å². The van der Waals surface area contributed by atoms with Gasteiger partial charge in [0.25, 0.3) is 0 Å². The number of halogens is 3. The second-order valence-corrected chi connectivity index (χ2v) is 12.8. The van der Waals surface area contributed by atoms with Crippen molar-refractivity contribution in [2.45, 2.75) is 31.0 Å². The Kier molecular flexibility index (Phi) is 8.60. The normalized spacial score (nSPS) is 16.6. The van der Waals surface area contributed by atoms with E-state index in [-0.39, 0.29) is 22.9 Å². The summed E-state index contributed by atoms with van der Waals surface area (Å²) in [6.45, 7) is 3.66. The summed E-state index contributed by atoms with van der Waals surface area (Å²) in [6.07, 6.45) is 5.48. The van der Waals surface area contributed by atoms with E-state index in [2.05, 4.69) is 36.9 Å². The first kappa shape index (κ1) is 30.5. The van der Waals surface area contributed by atoms with Crippen molar-refractivity contribution in [3.8, 4) is 11.8 Å². The molecule has 5 aromatic rings. The zero-order chi connectivity index (χ0) is 31.8. The van der Waals surface area contributed by atoms with E-state index < -0.39 is 0 Å². The Morgan fingerprint density at radius 2 is 1.72 bits per heavy atom. The molecule has 0 unspecified atom stereocenters. The number of nitrogens with zero attached hydrogens (tertiary/aromatic N) is 6. The lowest BCUT2D eigenvalue weighted by Crippen LogP contribution is -2.51. The molecule has 0 amide bonds. The molecule has 7 rings (SSSR count). The molecule has 0 aliphatic carbocycles. The molecule has 0 bridgehead atoms. The Labute approximate surface area is 280 Å². The molecule has 0 saturated carbocycles. The van der Waals surface area contributed by atoms with E-state index in [1.54, 1.807) is 18.2 Å². The SMILES string of the molecule is N#Cc1cnc2c(Cl)cc(N[C@@H](c3ccc(Cl)cc3)c3cn(C4CCN(C5COC5)CC4)nn3)cc2c1Nc1ccc(O)c(Cl)c1. The summed E-state index contributed by atoms with van der Waals surface area (Å²) < 4.78 is 7.37. The van der Waals surface area contributed by atoms with Crippen LogP contribution in [0.25, 0.3) is 10.9 Å². The van der Waals surface area contributed by atoms with Crippen LogP contribution < -0.4 is 10.6 Å². The molecular formula is C33H29Cl3N8O2. The first-order valence-electron chi connectivity index (χ1n) is 14.9. The van der Waals surface area contributed by atoms with Crippen LogP contribution in [0.2, 0.25) is 15.1 Å². The number of phenolic OH excluding ortho intramolecular Hbond substituents is 1. The predicted octanol–water partition coefficient (Wildman–Crippen LogP) is 7.34. The van der Waals surface area contributed by atoms with Crippen molar-refractivity contribution in [2.75, 3.05) is 36.9 Å². The highest BCUT2D eigenvalue weighted by atomic mass is 35.5. The molecule has 3 N–H and O–H groups in total. The molecule has 2 fully saturated rings. The molecule has 3 aromatic carbocycles. The number of anilines is 3. The minimum atomic E-state index is -0.383. The molecule has 0 spiro atoms. The minimum Gasteiger partial charge on any atom is -0.506 e. The Morgan fingerprint density at radius 3 is 2.41 bits per heavy atom. The van der Waals surface area contributed by atoms with Crippen LogP contribution in [0.15, 0.2) is 67.0 Å². The smallest absolute Gasteiger partial charge is 0.134 e. The summed E-state index contributed by atoms with van der Waals surface area (Å²) in [7, 11) is 0. The minimum absolute atomic E-state index is 0.0405. The van der Waals surface area contributed by atoms with Crippen molar-refractivity contribution in [2.24, 2.45) is 0 Å². The zero-order valence-corrected chi connectivity index (χ0v) is 26.8. The zero-order valence-electron chi connectivity index (χ0n) is 24.5. The van der Waals surface area contributed by atoms with Crippen molar-refractivity contribution in [1.29, 1.82) is 5.26 Å². The Hall–Kier alpha value is -4.11. The lowest BCUT2D eigenvalue weighted by molar-refractivity contribution is -0.0734. The Balaban J connectivity index is 1.22. The monoisotopic (exact) mass is 674 g/mol. The third kappa shape index (κ3) is 6.17. The molecule has 10 nitrogen and oxygen atoms in total. The van der Waals surface area contributed by atoms with Gasteiger partial charge in [-0.05, 0) is 60.9 Å². The number of nitrogens with one attached hydrogen (secondary N) is 2. The van der Waals surface area contributed by atoms with Gasteiger partial charge in [0.1, 0.15) is 17.5 Å². The fourth-order valence-corrected chi connectivity index (χ4v) is 6.57. The van der Waals surface area contributed by atoms with Gasteiger partial charge >= 0.3 is 0 Å². The second-order valence-electron chi connectivity index (χ2n) is 11.5. The summed E-state index contributed by atoms with van der Waals surface area (Å²) >= 11 is 19.2. The van der Waals surface area contributed by atoms with Gasteiger partial charge in [0.2, 0.25) is 0 Å². The number of aromatic nitrogens is 4. The van der Waals surface area contributed by atoms with Gasteiger partial charge < -0.3 is 20.5 Å². The number of hydrogen-bond acceptors (Lipinski definition) is 9. The Morgan fingerprint density at radius 1 is 0.957 bits per heavy atom. The van der Waals surface area contributed by atoms with Crippen LogP contribution in [-0.2, 0) is 4.74 Å². The number of nitriles is 1. The number of pyridine rings is 1. The van der Waals surface area contributed by atoms with Gasteiger partial charge in [-0.1, -0.05) is 52.1 Å². The summed E-state index contributed by atoms with van der Waals surface area (Å²) in [6, 6.07) is 18.7. The summed E-state index contributed by atoms with van der Waals surface area (Å²) in [5.74, 6) is -0.0405. The maximum Gasteiger partial charge on any atom is 0.134 e. The number of benzene rings is 3. The number of fused-ring (bicyclic) bond motifs is 1. The highest BCUT2D eigenvalue weighted by molar-refractivity contribution is 6.36. The van der Waals surface area contributed by atoms with Crippen LogP contribution in [0.4, 0.5) is 17.1 Å². The van der Waals surface area contributed by atoms with Crippen LogP contribution in [-0.4, -0.2) is 62.3 Å². The molecule has 46 heavy (non-hydrogen) atoms. The highest BCUT2D eigenvalue weighted by Crippen LogP contribution is 2.38. The van der Waals surface area contributed by atoms with Crippen molar-refractivity contribution in [3.63, 3.8) is 0 Å². The first-order valence-corrected chi connectivity index (χ1v) is 16.0. The standard InChI is InChI=1S/C33H29Cl3N8O2/c34-21-3-1-19(2-4-21)32(29-16-44(42-41-29)24-7-9-43(10-8-24)25-17-46-18-25)40-23-11-26-31(39-22-5-6-30(45)27(35)12-22)20(14-37)15-38-33(26)28(36)13-23/h1-6,11-13,15-16,24-25,32,40,45H,7-10,17-18H2,(H,38,39)/t32-/m0/s1. The highest BCUT2D eigenvalue weighted by Gasteiger charge is 2.31. The van der Waals surface area contributed by atoms with Crippen LogP contribution in [0.3, 0.4) is 0 Å². The molecule has 2 aliphatic heterocycles. The van der Waals surface area contributed by atoms with Crippen molar-refractivity contribution in [3.05, 3.63) is 98.9 Å². The molecular weight excluding hydrogens is 647 g/mol. The molecule has 2 saturated heterocycles. The van der Waals surface area contributed by atoms with Gasteiger partial charge in [-0.3, -0.25) is 9.88 Å². The fraction of sp³-hybridized carbons (Fsp3) is 0.273. The van der Waals surface area contributed by atoms with Gasteiger partial charge in [0.15, 0.2) is 0 Å². The third-order valence-electron chi connectivity index (χ3n) is 8.61. The molecule has 0 radical (unpaired) electrons. The van der Waals surface area contributed by atoms with Crippen LogP contribution in [0, 0.1) is 11.3 Å². The number of likely N-dealkylation sites (tertiary alicyclic amines) is 1. The average molecular weight is 676 g/mol. The van der Waals surface area contributed by atoms with E-state index in [4.69, 9.17) is 39.5 Å². The van der Waals surface area contributed by atoms with E-state index in [0.717, 1.165) is 50.4 Å². The van der Waals surface area contributed by atoms with Gasteiger partial charge in [-0.25, -0.2) is 4.68 Å². The number of aromatic hydroxyl groups is 1. The van der Waals surface area contributed by atoms with E-state index in [1.807, 2.05) is 41.2 Å². The first-order chi connectivity index (χ1) is 22.4. The number of ether oxygens (including phenoxy) is 1. The average Bonchev–Trinajstić information content (AvgIpc) is 3.52. The lowest BCUT2D eigenvalue weighted by Gasteiger charge is -2.41. The number of phenols is 1. The summed E-state index contributed by atoms with van der Waals surface area (Å²) in [4.78, 5) is 6.98. The topological polar surface area (TPSA) is 124 Å². The summed E-state index contributed by atoms with van der Waals surface area (Å²) in [5, 5.41) is 37.7. The van der Waals surface area contributed by atoms with Crippen molar-refractivity contribution in [1.82, 2.24) is 24.9 Å². The quantitative estimate of drug-likeness (QED) is 0.145. The summed E-state index contributed by atoms with van der Waals surface area (Å²) in [5.41, 5.74) is 4.30. The van der Waals surface area contributed by atoms with Gasteiger partial charge in [-0.2, -0.15) is 5.26 Å². The van der Waals surface area contributed by atoms with E-state index in [1.165, 1.54) is 12.3 Å². The molecule has 1 atom stereocenters. The Bertz CT molecular complexity index is 1930. The number of rotatable bonds is 8. The molecule has 13 heteroatoms. The van der Waals surface area contributed by atoms with E-state index in [0.29, 0.717) is 49.6 Å². The van der Waals surface area contributed by atoms with E-state index in [9.17, 15) is 10.4 Å². The van der Waals surface area contributed by atoms with Gasteiger partial charge in [-0.15, -0.1) is 5.10 Å². The van der Waals surface area contributed by atoms with Crippen LogP contribution in [0.5, 0.6) is 5.75 Å². The maximum atomic E-state index is 9.94. The van der Waals surface area contributed by atoms with Crippen LogP contribution >= 0.6 is 34.8 Å². The van der Waals surface area contributed by atoms with Gasteiger partial charge in [0, 0.05) is 41.1 Å². The molecule has 234 valence electrons. The molecule has 2 aliphatic rings. The number of piperidine rings is 1. The second kappa shape index (κ2) is 12.9. The predicted molar refractivity (Wildman–Crippen MR) is 179 cm³/mol. The fourth-order valence-electron chi connectivity index (χ4n) is 5.99. The van der Waals surface area contributed by atoms with Gasteiger partial charge in [0.05, 0.1) is 64.3 Å². The lowest BCUT2D eigenvalue weighted by atomic mass is 10.0.